The molecule has 6 nitrogen and oxygen atoms in total. The third-order valence-electron chi connectivity index (χ3n) is 5.86. The Morgan fingerprint density at radius 1 is 0.606 bits per heavy atom. The van der Waals surface area contributed by atoms with Gasteiger partial charge < -0.3 is 0 Å². The monoisotopic (exact) mass is 498 g/mol. The molecule has 0 N–H and O–H groups in total. The van der Waals surface area contributed by atoms with Gasteiger partial charge in [0.05, 0.1) is 11.1 Å². The quantitative estimate of drug-likeness (QED) is 0.357. The van der Waals surface area contributed by atoms with E-state index in [-0.39, 0.29) is 23.6 Å². The van der Waals surface area contributed by atoms with Gasteiger partial charge in [-0.25, -0.2) is 0 Å². The lowest BCUT2D eigenvalue weighted by Gasteiger charge is -2.12. The molecule has 0 radical (unpaired) electrons. The first kappa shape index (κ1) is 22.2. The van der Waals surface area contributed by atoms with Crippen LogP contribution in [0.15, 0.2) is 24.3 Å². The van der Waals surface area contributed by atoms with Crippen LogP contribution in [0.5, 0.6) is 0 Å². The Hall–Kier alpha value is -2.62. The summed E-state index contributed by atoms with van der Waals surface area (Å²) in [4.78, 5) is 58.1. The summed E-state index contributed by atoms with van der Waals surface area (Å²) in [6, 6.07) is 7.56. The van der Waals surface area contributed by atoms with E-state index < -0.39 is 0 Å². The number of nitrogens with zero attached hydrogens (tertiary/aromatic N) is 2. The van der Waals surface area contributed by atoms with E-state index in [0.29, 0.717) is 34.0 Å². The summed E-state index contributed by atoms with van der Waals surface area (Å²) in [7, 11) is 0. The molecule has 0 bridgehead atoms. The number of carbonyl (C=O) groups excluding carboxylic acids is 4. The summed E-state index contributed by atoms with van der Waals surface area (Å²) in [5.41, 5.74) is 0.981. The largest absolute Gasteiger partial charge is 0.274 e. The lowest BCUT2D eigenvalue weighted by molar-refractivity contribution is 0.0638. The third-order valence-corrected chi connectivity index (χ3v) is 9.58. The molecular formula is C24H22N2O4S3. The summed E-state index contributed by atoms with van der Waals surface area (Å²) in [6.45, 7) is 4.99. The van der Waals surface area contributed by atoms with Gasteiger partial charge in [-0.2, -0.15) is 0 Å². The maximum atomic E-state index is 12.7. The van der Waals surface area contributed by atoms with Crippen LogP contribution in [0.2, 0.25) is 0 Å². The predicted molar refractivity (Wildman–Crippen MR) is 131 cm³/mol. The zero-order chi connectivity index (χ0) is 23.3. The van der Waals surface area contributed by atoms with Crippen molar-refractivity contribution in [1.82, 2.24) is 9.80 Å². The highest BCUT2D eigenvalue weighted by atomic mass is 32.1. The van der Waals surface area contributed by atoms with E-state index in [1.54, 1.807) is 0 Å². The van der Waals surface area contributed by atoms with Gasteiger partial charge in [0.1, 0.15) is 9.75 Å². The molecule has 2 aliphatic rings. The molecule has 0 saturated heterocycles. The van der Waals surface area contributed by atoms with Gasteiger partial charge in [-0.15, -0.1) is 34.0 Å². The lowest BCUT2D eigenvalue weighted by Crippen LogP contribution is -2.30. The zero-order valence-electron chi connectivity index (χ0n) is 18.3. The number of amides is 4. The molecule has 9 heteroatoms. The topological polar surface area (TPSA) is 74.8 Å². The Labute approximate surface area is 203 Å². The van der Waals surface area contributed by atoms with Crippen LogP contribution < -0.4 is 0 Å². The minimum Gasteiger partial charge on any atom is -0.274 e. The molecule has 0 saturated carbocycles. The summed E-state index contributed by atoms with van der Waals surface area (Å²) >= 11 is 4.24. The van der Waals surface area contributed by atoms with Crippen molar-refractivity contribution in [3.8, 4) is 19.5 Å². The Kier molecular flexibility index (Phi) is 5.80. The Balaban J connectivity index is 1.38. The standard InChI is InChI=1S/C24H22N2O4S3/c1-3-5-9-25-21(27)13-11-17(32-19(13)23(25)29)15-7-8-16(31-15)18-12-14-20(33-18)24(30)26(22(14)28)10-6-4-2/h7-8,11-12H,3-6,9-10H2,1-2H3. The second-order valence-electron chi connectivity index (χ2n) is 8.10. The Morgan fingerprint density at radius 2 is 1.03 bits per heavy atom. The zero-order valence-corrected chi connectivity index (χ0v) is 20.8. The van der Waals surface area contributed by atoms with Gasteiger partial charge in [0, 0.05) is 32.6 Å². The van der Waals surface area contributed by atoms with Crippen molar-refractivity contribution in [1.29, 1.82) is 0 Å². The minimum atomic E-state index is -0.206. The summed E-state index contributed by atoms with van der Waals surface area (Å²) < 4.78 is 0. The number of thiophene rings is 3. The first-order valence-corrected chi connectivity index (χ1v) is 13.5. The van der Waals surface area contributed by atoms with Gasteiger partial charge in [0.15, 0.2) is 0 Å². The molecule has 33 heavy (non-hydrogen) atoms. The summed E-state index contributed by atoms with van der Waals surface area (Å²) in [5.74, 6) is -0.809. The van der Waals surface area contributed by atoms with E-state index in [9.17, 15) is 19.2 Å². The molecule has 5 rings (SSSR count). The summed E-state index contributed by atoms with van der Waals surface area (Å²) in [5, 5.41) is 0. The highest BCUT2D eigenvalue weighted by molar-refractivity contribution is 7.27. The van der Waals surface area contributed by atoms with E-state index >= 15 is 0 Å². The molecule has 0 atom stereocenters. The average molecular weight is 499 g/mol. The maximum Gasteiger partial charge on any atom is 0.271 e. The van der Waals surface area contributed by atoms with Crippen LogP contribution in [-0.4, -0.2) is 46.5 Å². The molecule has 170 valence electrons. The fourth-order valence-electron chi connectivity index (χ4n) is 4.02. The number of rotatable bonds is 8. The second-order valence-corrected chi connectivity index (χ2v) is 11.3. The van der Waals surface area contributed by atoms with Crippen molar-refractivity contribution in [2.24, 2.45) is 0 Å². The molecule has 2 aliphatic heterocycles. The minimum absolute atomic E-state index is 0.198. The van der Waals surface area contributed by atoms with Crippen LogP contribution in [-0.2, 0) is 0 Å². The van der Waals surface area contributed by atoms with Crippen molar-refractivity contribution >= 4 is 57.6 Å². The van der Waals surface area contributed by atoms with Crippen LogP contribution in [0.25, 0.3) is 19.5 Å². The highest BCUT2D eigenvalue weighted by Crippen LogP contribution is 2.44. The highest BCUT2D eigenvalue weighted by Gasteiger charge is 2.39. The third kappa shape index (κ3) is 3.59. The fourth-order valence-corrected chi connectivity index (χ4v) is 7.39. The Bertz CT molecular complexity index is 1140. The van der Waals surface area contributed by atoms with Crippen molar-refractivity contribution in [3.05, 3.63) is 45.1 Å². The first-order valence-electron chi connectivity index (χ1n) is 11.0. The van der Waals surface area contributed by atoms with E-state index in [1.165, 1.54) is 43.8 Å². The smallest absolute Gasteiger partial charge is 0.271 e. The molecule has 3 aromatic rings. The lowest BCUT2D eigenvalue weighted by atomic mass is 10.2. The molecule has 0 aliphatic carbocycles. The molecule has 0 aromatic carbocycles. The van der Waals surface area contributed by atoms with Crippen molar-refractivity contribution in [3.63, 3.8) is 0 Å². The van der Waals surface area contributed by atoms with Crippen LogP contribution in [0.3, 0.4) is 0 Å². The van der Waals surface area contributed by atoms with E-state index in [1.807, 2.05) is 38.1 Å². The van der Waals surface area contributed by atoms with Crippen molar-refractivity contribution in [2.75, 3.05) is 13.1 Å². The van der Waals surface area contributed by atoms with Crippen LogP contribution >= 0.6 is 34.0 Å². The van der Waals surface area contributed by atoms with E-state index in [2.05, 4.69) is 0 Å². The van der Waals surface area contributed by atoms with Crippen molar-refractivity contribution in [2.45, 2.75) is 39.5 Å². The molecule has 0 spiro atoms. The van der Waals surface area contributed by atoms with Crippen LogP contribution in [0.4, 0.5) is 0 Å². The molecule has 3 aromatic heterocycles. The normalized spacial score (nSPS) is 15.2. The number of unbranched alkanes of at least 4 members (excludes halogenated alkanes) is 2. The number of imide groups is 2. The van der Waals surface area contributed by atoms with Gasteiger partial charge in [0.2, 0.25) is 0 Å². The first-order chi connectivity index (χ1) is 15.9. The fraction of sp³-hybridized carbons (Fsp3) is 0.333. The number of fused-ring (bicyclic) bond motifs is 2. The van der Waals surface area contributed by atoms with Gasteiger partial charge in [-0.3, -0.25) is 29.0 Å². The average Bonchev–Trinajstić information content (AvgIpc) is 3.59. The molecule has 0 unspecified atom stereocenters. The second kappa shape index (κ2) is 8.62. The SMILES string of the molecule is CCCCN1C(=O)c2cc(-c3ccc(-c4cc5c(s4)C(=O)N(CCCC)C5=O)s3)sc2C1=O. The molecule has 0 fully saturated rings. The predicted octanol–water partition coefficient (Wildman–Crippen LogP) is 6.00. The van der Waals surface area contributed by atoms with E-state index in [0.717, 1.165) is 45.2 Å². The molecule has 4 amide bonds. The number of carbonyl (C=O) groups is 4. The van der Waals surface area contributed by atoms with E-state index in [4.69, 9.17) is 0 Å². The van der Waals surface area contributed by atoms with Gasteiger partial charge >= 0.3 is 0 Å². The number of hydrogen-bond donors (Lipinski definition) is 0. The maximum absolute atomic E-state index is 12.7. The summed E-state index contributed by atoms with van der Waals surface area (Å²) in [6.07, 6.45) is 3.46. The molecule has 5 heterocycles. The van der Waals surface area contributed by atoms with Crippen LogP contribution in [0, 0.1) is 0 Å². The molecular weight excluding hydrogens is 476 g/mol. The van der Waals surface area contributed by atoms with Crippen molar-refractivity contribution < 1.29 is 19.2 Å². The van der Waals surface area contributed by atoms with Crippen LogP contribution in [0.1, 0.15) is 79.6 Å². The Morgan fingerprint density at radius 3 is 1.39 bits per heavy atom. The van der Waals surface area contributed by atoms with Gasteiger partial charge in [0.25, 0.3) is 23.6 Å². The van der Waals surface area contributed by atoms with Gasteiger partial charge in [-0.1, -0.05) is 26.7 Å². The van der Waals surface area contributed by atoms with Gasteiger partial charge in [-0.05, 0) is 37.1 Å². The number of hydrogen-bond acceptors (Lipinski definition) is 7.